The van der Waals surface area contributed by atoms with Crippen LogP contribution in [0, 0.1) is 5.92 Å². The summed E-state index contributed by atoms with van der Waals surface area (Å²) >= 11 is 0. The van der Waals surface area contributed by atoms with Gasteiger partial charge in [-0.2, -0.15) is 0 Å². The molecule has 24 heavy (non-hydrogen) atoms. The fraction of sp³-hybridized carbons (Fsp3) is 0.222. The number of anilines is 1. The summed E-state index contributed by atoms with van der Waals surface area (Å²) in [6.45, 7) is 0.0981. The van der Waals surface area contributed by atoms with E-state index < -0.39 is 0 Å². The quantitative estimate of drug-likeness (QED) is 0.738. The number of urea groups is 1. The smallest absolute Gasteiger partial charge is 0.319 e. The van der Waals surface area contributed by atoms with Crippen LogP contribution in [0.2, 0.25) is 0 Å². The number of aromatic nitrogens is 1. The van der Waals surface area contributed by atoms with E-state index in [9.17, 15) is 4.79 Å². The first-order valence-electron chi connectivity index (χ1n) is 7.78. The summed E-state index contributed by atoms with van der Waals surface area (Å²) in [7, 11) is 0. The van der Waals surface area contributed by atoms with E-state index >= 15 is 0 Å². The maximum absolute atomic E-state index is 12.1. The summed E-state index contributed by atoms with van der Waals surface area (Å²) in [4.78, 5) is 16.2. The zero-order chi connectivity index (χ0) is 16.8. The molecule has 1 aromatic carbocycles. The predicted octanol–water partition coefficient (Wildman–Crippen LogP) is 2.93. The van der Waals surface area contributed by atoms with Crippen molar-refractivity contribution in [2.45, 2.75) is 12.5 Å². The van der Waals surface area contributed by atoms with Crippen molar-refractivity contribution in [1.29, 1.82) is 0 Å². The Balaban J connectivity index is 1.56. The second-order valence-corrected chi connectivity index (χ2v) is 5.57. The number of carbonyl (C=O) groups is 1. The van der Waals surface area contributed by atoms with Crippen molar-refractivity contribution in [1.82, 2.24) is 10.3 Å². The molecule has 6 heteroatoms. The van der Waals surface area contributed by atoms with Crippen LogP contribution in [0.5, 0.6) is 11.6 Å². The number of nitrogens with one attached hydrogen (secondary N) is 2. The molecule has 3 N–H and O–H groups in total. The second kappa shape index (κ2) is 7.61. The Labute approximate surface area is 140 Å². The highest BCUT2D eigenvalue weighted by Gasteiger charge is 2.19. The van der Waals surface area contributed by atoms with Gasteiger partial charge in [-0.1, -0.05) is 30.4 Å². The number of amides is 2. The SMILES string of the molecule is O=C(Nc1ccnc(Oc2ccccc2)c1)N[C@@H]1C=C[C@H](CO)C1. The van der Waals surface area contributed by atoms with E-state index in [4.69, 9.17) is 9.84 Å². The molecule has 1 aliphatic rings. The molecule has 0 fully saturated rings. The average molecular weight is 325 g/mol. The van der Waals surface area contributed by atoms with E-state index in [0.29, 0.717) is 23.7 Å². The molecule has 1 aromatic heterocycles. The van der Waals surface area contributed by atoms with Gasteiger partial charge in [-0.25, -0.2) is 9.78 Å². The lowest BCUT2D eigenvalue weighted by atomic mass is 10.1. The highest BCUT2D eigenvalue weighted by Crippen LogP contribution is 2.21. The van der Waals surface area contributed by atoms with Crippen molar-refractivity contribution >= 4 is 11.7 Å². The molecule has 0 unspecified atom stereocenters. The highest BCUT2D eigenvalue weighted by molar-refractivity contribution is 5.89. The Hall–Kier alpha value is -2.86. The van der Waals surface area contributed by atoms with E-state index in [-0.39, 0.29) is 24.6 Å². The molecule has 1 aliphatic carbocycles. The zero-order valence-corrected chi connectivity index (χ0v) is 13.1. The van der Waals surface area contributed by atoms with Gasteiger partial charge < -0.3 is 20.5 Å². The number of carbonyl (C=O) groups excluding carboxylic acids is 1. The molecule has 0 saturated carbocycles. The molecule has 0 spiro atoms. The molecule has 0 radical (unpaired) electrons. The van der Waals surface area contributed by atoms with Crippen molar-refractivity contribution in [2.24, 2.45) is 5.92 Å². The van der Waals surface area contributed by atoms with E-state index in [2.05, 4.69) is 15.6 Å². The average Bonchev–Trinajstić information content (AvgIpc) is 3.03. The standard InChI is InChI=1S/C18H19N3O3/c22-12-13-6-7-14(10-13)20-18(23)21-15-8-9-19-17(11-15)24-16-4-2-1-3-5-16/h1-9,11,13-14,22H,10,12H2,(H2,19,20,21,23)/t13-,14+/m0/s1. The highest BCUT2D eigenvalue weighted by atomic mass is 16.5. The molecular weight excluding hydrogens is 306 g/mol. The summed E-state index contributed by atoms with van der Waals surface area (Å²) in [6.07, 6.45) is 6.11. The molecule has 2 atom stereocenters. The van der Waals surface area contributed by atoms with Crippen molar-refractivity contribution < 1.29 is 14.6 Å². The van der Waals surface area contributed by atoms with Crippen LogP contribution in [0.4, 0.5) is 10.5 Å². The largest absolute Gasteiger partial charge is 0.439 e. The predicted molar refractivity (Wildman–Crippen MR) is 91.0 cm³/mol. The molecule has 2 aromatic rings. The van der Waals surface area contributed by atoms with Gasteiger partial charge in [-0.15, -0.1) is 0 Å². The minimum absolute atomic E-state index is 0.0657. The first-order valence-corrected chi connectivity index (χ1v) is 7.78. The van der Waals surface area contributed by atoms with Crippen LogP contribution in [0.1, 0.15) is 6.42 Å². The molecule has 0 bridgehead atoms. The van der Waals surface area contributed by atoms with Crippen LogP contribution in [-0.4, -0.2) is 28.8 Å². The Morgan fingerprint density at radius 3 is 2.83 bits per heavy atom. The zero-order valence-electron chi connectivity index (χ0n) is 13.1. The third-order valence-corrected chi connectivity index (χ3v) is 3.68. The summed E-state index contributed by atoms with van der Waals surface area (Å²) in [5.41, 5.74) is 0.592. The van der Waals surface area contributed by atoms with Crippen LogP contribution < -0.4 is 15.4 Å². The topological polar surface area (TPSA) is 83.5 Å². The van der Waals surface area contributed by atoms with Crippen molar-refractivity contribution in [3.63, 3.8) is 0 Å². The Morgan fingerprint density at radius 1 is 1.25 bits per heavy atom. The van der Waals surface area contributed by atoms with Crippen LogP contribution in [0.3, 0.4) is 0 Å². The lowest BCUT2D eigenvalue weighted by Gasteiger charge is -2.14. The summed E-state index contributed by atoms with van der Waals surface area (Å²) in [5, 5.41) is 14.7. The van der Waals surface area contributed by atoms with Gasteiger partial charge in [0.05, 0.1) is 0 Å². The third-order valence-electron chi connectivity index (χ3n) is 3.68. The molecule has 0 saturated heterocycles. The Kier molecular flexibility index (Phi) is 5.08. The van der Waals surface area contributed by atoms with Gasteiger partial charge in [-0.05, 0) is 24.6 Å². The fourth-order valence-electron chi connectivity index (χ4n) is 2.50. The lowest BCUT2D eigenvalue weighted by molar-refractivity contribution is 0.238. The van der Waals surface area contributed by atoms with E-state index in [0.717, 1.165) is 0 Å². The molecule has 1 heterocycles. The second-order valence-electron chi connectivity index (χ2n) is 5.57. The number of rotatable bonds is 5. The molecule has 124 valence electrons. The maximum atomic E-state index is 12.1. The van der Waals surface area contributed by atoms with E-state index in [1.807, 2.05) is 42.5 Å². The number of hydrogen-bond acceptors (Lipinski definition) is 4. The van der Waals surface area contributed by atoms with Crippen LogP contribution in [0.15, 0.2) is 60.8 Å². The lowest BCUT2D eigenvalue weighted by Crippen LogP contribution is -2.36. The number of aliphatic hydroxyl groups excluding tert-OH is 1. The minimum atomic E-state index is -0.305. The van der Waals surface area contributed by atoms with E-state index in [1.54, 1.807) is 18.3 Å². The third kappa shape index (κ3) is 4.33. The van der Waals surface area contributed by atoms with Crippen molar-refractivity contribution in [2.75, 3.05) is 11.9 Å². The minimum Gasteiger partial charge on any atom is -0.439 e. The van der Waals surface area contributed by atoms with E-state index in [1.165, 1.54) is 0 Å². The fourth-order valence-corrected chi connectivity index (χ4v) is 2.50. The molecular formula is C18H19N3O3. The van der Waals surface area contributed by atoms with Gasteiger partial charge >= 0.3 is 6.03 Å². The Bertz CT molecular complexity index is 718. The number of aliphatic hydroxyl groups is 1. The number of hydrogen-bond donors (Lipinski definition) is 3. The molecule has 3 rings (SSSR count). The van der Waals surface area contributed by atoms with Gasteiger partial charge in [0.15, 0.2) is 0 Å². The maximum Gasteiger partial charge on any atom is 0.319 e. The molecule has 0 aliphatic heterocycles. The summed E-state index contributed by atoms with van der Waals surface area (Å²) in [6, 6.07) is 12.3. The summed E-state index contributed by atoms with van der Waals surface area (Å²) < 4.78 is 5.64. The monoisotopic (exact) mass is 325 g/mol. The molecule has 2 amide bonds. The number of pyridine rings is 1. The van der Waals surface area contributed by atoms with Gasteiger partial charge in [0.1, 0.15) is 5.75 Å². The van der Waals surface area contributed by atoms with Gasteiger partial charge in [0.25, 0.3) is 0 Å². The van der Waals surface area contributed by atoms with Gasteiger partial charge in [-0.3, -0.25) is 0 Å². The normalized spacial score (nSPS) is 19.0. The first-order chi connectivity index (χ1) is 11.7. The van der Waals surface area contributed by atoms with Crippen molar-refractivity contribution in [3.05, 3.63) is 60.8 Å². The molecule has 6 nitrogen and oxygen atoms in total. The number of para-hydroxylation sites is 1. The first kappa shape index (κ1) is 16.0. The number of ether oxygens (including phenoxy) is 1. The summed E-state index contributed by atoms with van der Waals surface area (Å²) in [5.74, 6) is 1.19. The van der Waals surface area contributed by atoms with Crippen molar-refractivity contribution in [3.8, 4) is 11.6 Å². The van der Waals surface area contributed by atoms with Crippen LogP contribution in [0.25, 0.3) is 0 Å². The van der Waals surface area contributed by atoms with Gasteiger partial charge in [0.2, 0.25) is 5.88 Å². The number of nitrogens with zero attached hydrogens (tertiary/aromatic N) is 1. The Morgan fingerprint density at radius 2 is 2.08 bits per heavy atom. The van der Waals surface area contributed by atoms with Crippen LogP contribution >= 0.6 is 0 Å². The van der Waals surface area contributed by atoms with Gasteiger partial charge in [0, 0.05) is 36.5 Å². The number of benzene rings is 1. The van der Waals surface area contributed by atoms with Crippen LogP contribution in [-0.2, 0) is 0 Å².